The number of hydrogen-bond donors (Lipinski definition) is 0. The zero-order valence-corrected chi connectivity index (χ0v) is 43.0. The maximum absolute atomic E-state index is 6.32. The van der Waals surface area contributed by atoms with E-state index in [1.54, 1.807) is 0 Å². The van der Waals surface area contributed by atoms with Crippen molar-refractivity contribution in [2.75, 3.05) is 0 Å². The van der Waals surface area contributed by atoms with Crippen LogP contribution in [0.1, 0.15) is 0 Å². The summed E-state index contributed by atoms with van der Waals surface area (Å²) >= 11 is 0. The van der Waals surface area contributed by atoms with Gasteiger partial charge in [0.05, 0.1) is 17.1 Å². The predicted octanol–water partition coefficient (Wildman–Crippen LogP) is 20.1. The van der Waals surface area contributed by atoms with Gasteiger partial charge in [-0.3, -0.25) is 15.0 Å². The second kappa shape index (κ2) is 20.5. The van der Waals surface area contributed by atoms with Crippen molar-refractivity contribution in [3.63, 3.8) is 0 Å². The Morgan fingerprint density at radius 2 is 0.582 bits per heavy atom. The van der Waals surface area contributed by atoms with E-state index in [0.29, 0.717) is 0 Å². The number of para-hydroxylation sites is 1. The summed E-state index contributed by atoms with van der Waals surface area (Å²) in [6.07, 6.45) is 6.07. The zero-order valence-electron chi connectivity index (χ0n) is 43.0. The maximum atomic E-state index is 6.32. The van der Waals surface area contributed by atoms with Gasteiger partial charge in [-0.1, -0.05) is 224 Å². The Morgan fingerprint density at radius 3 is 1.10 bits per heavy atom. The summed E-state index contributed by atoms with van der Waals surface area (Å²) in [5, 5.41) is 2.25. The highest BCUT2D eigenvalue weighted by molar-refractivity contribution is 6.06. The summed E-state index contributed by atoms with van der Waals surface area (Å²) < 4.78 is 6.32. The lowest BCUT2D eigenvalue weighted by atomic mass is 9.85. The van der Waals surface area contributed by atoms with Gasteiger partial charge in [-0.25, -0.2) is 0 Å². The van der Waals surface area contributed by atoms with Crippen LogP contribution in [-0.2, 0) is 0 Å². The lowest BCUT2D eigenvalue weighted by Crippen LogP contribution is -1.95. The van der Waals surface area contributed by atoms with Crippen molar-refractivity contribution in [1.82, 2.24) is 15.0 Å². The monoisotopic (exact) mass is 1010 g/mol. The lowest BCUT2D eigenvalue weighted by Gasteiger charge is -2.19. The van der Waals surface area contributed by atoms with E-state index in [-0.39, 0.29) is 0 Å². The number of fused-ring (bicyclic) bond motifs is 3. The van der Waals surface area contributed by atoms with E-state index in [0.717, 1.165) is 145 Å². The van der Waals surface area contributed by atoms with Crippen LogP contribution < -0.4 is 0 Å². The number of nitrogens with zero attached hydrogens (tertiary/aromatic N) is 3. The Labute approximate surface area is 459 Å². The summed E-state index contributed by atoms with van der Waals surface area (Å²) in [5.74, 6) is 0. The summed E-state index contributed by atoms with van der Waals surface area (Å²) in [6.45, 7) is 0. The molecule has 0 fully saturated rings. The molecule has 0 spiro atoms. The first-order valence-electron chi connectivity index (χ1n) is 26.7. The van der Waals surface area contributed by atoms with Crippen LogP contribution in [0.5, 0.6) is 0 Å². The molecule has 14 rings (SSSR count). The van der Waals surface area contributed by atoms with Crippen molar-refractivity contribution in [3.8, 4) is 123 Å². The molecule has 0 amide bonds. The second-order valence-electron chi connectivity index (χ2n) is 19.9. The van der Waals surface area contributed by atoms with Gasteiger partial charge < -0.3 is 4.42 Å². The Bertz CT molecular complexity index is 4350. The highest BCUT2D eigenvalue weighted by atomic mass is 16.3. The second-order valence-corrected chi connectivity index (χ2v) is 19.9. The van der Waals surface area contributed by atoms with E-state index in [2.05, 4.69) is 255 Å². The third-order valence-corrected chi connectivity index (χ3v) is 15.1. The number of furan rings is 1. The van der Waals surface area contributed by atoms with Gasteiger partial charge in [0, 0.05) is 62.7 Å². The van der Waals surface area contributed by atoms with E-state index in [1.165, 1.54) is 0 Å². The maximum Gasteiger partial charge on any atom is 0.136 e. The molecule has 4 aromatic heterocycles. The molecule has 79 heavy (non-hydrogen) atoms. The number of benzene rings is 10. The molecular weight excluding hydrogens is 959 g/mol. The number of pyridine rings is 3. The average Bonchev–Trinajstić information content (AvgIpc) is 3.98. The molecule has 0 saturated carbocycles. The fourth-order valence-electron chi connectivity index (χ4n) is 11.1. The molecule has 0 aliphatic heterocycles. The van der Waals surface area contributed by atoms with E-state index < -0.39 is 0 Å². The normalized spacial score (nSPS) is 11.3. The van der Waals surface area contributed by atoms with E-state index in [1.807, 2.05) is 42.7 Å². The van der Waals surface area contributed by atoms with E-state index >= 15 is 0 Å². The molecule has 4 nitrogen and oxygen atoms in total. The number of rotatable bonds is 11. The molecule has 0 saturated heterocycles. The van der Waals surface area contributed by atoms with Gasteiger partial charge in [0.1, 0.15) is 11.2 Å². The zero-order chi connectivity index (χ0) is 52.5. The van der Waals surface area contributed by atoms with Crippen LogP contribution in [0.3, 0.4) is 0 Å². The summed E-state index contributed by atoms with van der Waals surface area (Å²) in [6, 6.07) is 98.9. The SMILES string of the molecule is c1ccc(-c2ccc(-c3ccccc3-c3cc(-c4ccccc4-c4ccc(-c5ccccc5)nc4)cc(-c4ccccc4-c4cnc(-c5ccccc5)cc4-c4ccc(-c5ccc6c(c5)oc5ccccc56)cc4)c3)cn2)cc1. The third-order valence-electron chi connectivity index (χ3n) is 15.1. The van der Waals surface area contributed by atoms with Crippen LogP contribution in [-0.4, -0.2) is 15.0 Å². The quantitative estimate of drug-likeness (QED) is 0.130. The van der Waals surface area contributed by atoms with Gasteiger partial charge in [0.15, 0.2) is 0 Å². The fraction of sp³-hybridized carbons (Fsp3) is 0. The summed E-state index contributed by atoms with van der Waals surface area (Å²) in [4.78, 5) is 15.2. The van der Waals surface area contributed by atoms with Crippen molar-refractivity contribution in [1.29, 1.82) is 0 Å². The molecule has 0 atom stereocenters. The largest absolute Gasteiger partial charge is 0.456 e. The summed E-state index contributed by atoms with van der Waals surface area (Å²) in [5.41, 5.74) is 25.2. The Balaban J connectivity index is 0.919. The first-order chi connectivity index (χ1) is 39.1. The number of aromatic nitrogens is 3. The highest BCUT2D eigenvalue weighted by Gasteiger charge is 2.20. The van der Waals surface area contributed by atoms with Crippen LogP contribution in [0.4, 0.5) is 0 Å². The molecule has 10 aromatic carbocycles. The molecule has 0 aliphatic rings. The lowest BCUT2D eigenvalue weighted by molar-refractivity contribution is 0.669. The van der Waals surface area contributed by atoms with Gasteiger partial charge in [-0.05, 0) is 127 Å². The third kappa shape index (κ3) is 9.18. The van der Waals surface area contributed by atoms with Crippen LogP contribution in [0.2, 0.25) is 0 Å². The topological polar surface area (TPSA) is 51.8 Å². The minimum Gasteiger partial charge on any atom is -0.456 e. The molecule has 0 radical (unpaired) electrons. The molecule has 370 valence electrons. The van der Waals surface area contributed by atoms with Crippen molar-refractivity contribution in [2.45, 2.75) is 0 Å². The van der Waals surface area contributed by atoms with Gasteiger partial charge in [-0.15, -0.1) is 0 Å². The van der Waals surface area contributed by atoms with Crippen LogP contribution >= 0.6 is 0 Å². The van der Waals surface area contributed by atoms with Crippen molar-refractivity contribution < 1.29 is 4.42 Å². The van der Waals surface area contributed by atoms with Gasteiger partial charge >= 0.3 is 0 Å². The van der Waals surface area contributed by atoms with Crippen LogP contribution in [0.15, 0.2) is 302 Å². The fourth-order valence-corrected chi connectivity index (χ4v) is 11.1. The van der Waals surface area contributed by atoms with Crippen molar-refractivity contribution in [2.24, 2.45) is 0 Å². The number of hydrogen-bond acceptors (Lipinski definition) is 4. The van der Waals surface area contributed by atoms with E-state index in [9.17, 15) is 0 Å². The molecule has 0 aliphatic carbocycles. The molecule has 4 heteroatoms. The molecule has 14 aromatic rings. The first kappa shape index (κ1) is 46.9. The molecule has 0 unspecified atom stereocenters. The Hall–Kier alpha value is -10.6. The summed E-state index contributed by atoms with van der Waals surface area (Å²) in [7, 11) is 0. The first-order valence-corrected chi connectivity index (χ1v) is 26.7. The molecular formula is C75H49N3O. The molecule has 0 N–H and O–H groups in total. The van der Waals surface area contributed by atoms with Crippen LogP contribution in [0.25, 0.3) is 145 Å². The van der Waals surface area contributed by atoms with Crippen molar-refractivity contribution >= 4 is 21.9 Å². The Kier molecular flexibility index (Phi) is 12.2. The highest BCUT2D eigenvalue weighted by Crippen LogP contribution is 2.45. The van der Waals surface area contributed by atoms with E-state index in [4.69, 9.17) is 19.4 Å². The standard InChI is InChI=1S/C75H49N3O/c1-4-18-52(19-5-1)71-40-37-56(47-76-71)61-24-10-12-26-63(61)58-42-59(64-27-13-11-25-62(64)57-38-41-72(77-48-57)53-20-6-2-7-21-53)44-60(43-58)65-28-14-15-29-66(65)70-49-78-73(54-22-8-3-9-23-54)46-69(70)51-34-32-50(33-35-51)55-36-39-68-67-30-16-17-31-74(67)79-75(68)45-55/h1-49H. The minimum atomic E-state index is 0.881. The van der Waals surface area contributed by atoms with Gasteiger partial charge in [0.25, 0.3) is 0 Å². The molecule has 0 bridgehead atoms. The van der Waals surface area contributed by atoms with Gasteiger partial charge in [0.2, 0.25) is 0 Å². The van der Waals surface area contributed by atoms with Gasteiger partial charge in [-0.2, -0.15) is 0 Å². The van der Waals surface area contributed by atoms with Crippen LogP contribution in [0, 0.1) is 0 Å². The smallest absolute Gasteiger partial charge is 0.136 e. The minimum absolute atomic E-state index is 0.881. The predicted molar refractivity (Wildman–Crippen MR) is 327 cm³/mol. The Morgan fingerprint density at radius 1 is 0.190 bits per heavy atom. The molecule has 4 heterocycles. The van der Waals surface area contributed by atoms with Crippen molar-refractivity contribution in [3.05, 3.63) is 298 Å². The average molecular weight is 1010 g/mol.